The minimum atomic E-state index is -3.50. The van der Waals surface area contributed by atoms with Gasteiger partial charge in [0, 0.05) is 26.1 Å². The van der Waals surface area contributed by atoms with Crippen LogP contribution >= 0.6 is 22.9 Å². The van der Waals surface area contributed by atoms with E-state index >= 15 is 0 Å². The molecule has 0 saturated heterocycles. The van der Waals surface area contributed by atoms with Crippen molar-refractivity contribution in [1.82, 2.24) is 15.5 Å². The maximum atomic E-state index is 13.2. The molecular weight excluding hydrogens is 496 g/mol. The molecule has 11 heteroatoms. The number of sulfonamides is 1. The summed E-state index contributed by atoms with van der Waals surface area (Å²) in [7, 11) is 0.0709. The number of thiophene rings is 1. The number of amides is 2. The first-order valence-corrected chi connectivity index (χ1v) is 14.0. The van der Waals surface area contributed by atoms with Gasteiger partial charge in [0.15, 0.2) is 0 Å². The van der Waals surface area contributed by atoms with Crippen molar-refractivity contribution < 1.29 is 18.0 Å². The Labute approximate surface area is 209 Å². The van der Waals surface area contributed by atoms with Crippen LogP contribution in [0, 0.1) is 5.92 Å². The van der Waals surface area contributed by atoms with Crippen molar-refractivity contribution in [3.05, 3.63) is 57.2 Å². The Kier molecular flexibility index (Phi) is 8.72. The molecule has 1 aromatic carbocycles. The average molecular weight is 525 g/mol. The average Bonchev–Trinajstić information content (AvgIpc) is 3.22. The largest absolute Gasteiger partial charge is 0.365 e. The summed E-state index contributed by atoms with van der Waals surface area (Å²) in [5.74, 6) is -0.108. The van der Waals surface area contributed by atoms with Crippen molar-refractivity contribution in [2.75, 3.05) is 20.4 Å². The quantitative estimate of drug-likeness (QED) is 0.426. The molecular formula is C23H29ClN4O4S2. The molecule has 2 aromatic rings. The number of hydrogen-bond acceptors (Lipinski definition) is 5. The molecule has 1 heterocycles. The molecule has 34 heavy (non-hydrogen) atoms. The van der Waals surface area contributed by atoms with Gasteiger partial charge in [-0.1, -0.05) is 41.9 Å². The molecule has 1 fully saturated rings. The first-order valence-electron chi connectivity index (χ1n) is 10.9. The summed E-state index contributed by atoms with van der Waals surface area (Å²) in [6.07, 6.45) is 3.86. The van der Waals surface area contributed by atoms with E-state index < -0.39 is 16.1 Å². The summed E-state index contributed by atoms with van der Waals surface area (Å²) >= 11 is 7.11. The predicted octanol–water partition coefficient (Wildman–Crippen LogP) is 3.47. The van der Waals surface area contributed by atoms with Crippen molar-refractivity contribution >= 4 is 50.6 Å². The zero-order valence-electron chi connectivity index (χ0n) is 19.3. The molecule has 0 aliphatic heterocycles. The van der Waals surface area contributed by atoms with E-state index in [1.54, 1.807) is 43.3 Å². The molecule has 1 saturated carbocycles. The van der Waals surface area contributed by atoms with Crippen molar-refractivity contribution in [3.8, 4) is 0 Å². The van der Waals surface area contributed by atoms with Gasteiger partial charge in [0.05, 0.1) is 15.5 Å². The second-order valence-corrected chi connectivity index (χ2v) is 11.9. The topological polar surface area (TPSA) is 108 Å². The lowest BCUT2D eigenvalue weighted by molar-refractivity contribution is -0.124. The van der Waals surface area contributed by atoms with Gasteiger partial charge in [-0.2, -0.15) is 4.40 Å². The fraction of sp³-hybridized carbons (Fsp3) is 0.435. The first kappa shape index (κ1) is 26.2. The molecule has 1 aromatic heterocycles. The highest BCUT2D eigenvalue weighted by molar-refractivity contribution is 7.89. The number of amidine groups is 1. The Morgan fingerprint density at radius 3 is 2.26 bits per heavy atom. The van der Waals surface area contributed by atoms with E-state index in [9.17, 15) is 18.0 Å². The Balaban J connectivity index is 1.68. The Bertz CT molecular complexity index is 1140. The minimum absolute atomic E-state index is 0.00563. The lowest BCUT2D eigenvalue weighted by Gasteiger charge is -2.32. The van der Waals surface area contributed by atoms with E-state index in [0.717, 1.165) is 17.6 Å². The standard InChI is InChI=1S/C23H29ClN4O4S2/c1-28(2)21(27-34(3,31)32)16-9-11-17(12-10-16)25-23(30)20(15-7-5-4-6-8-15)26-22(29)18-13-14-19(24)33-18/h4-8,13-14,16-17,20H,9-12H2,1-3H3,(H,25,30)(H,26,29)/b27-21-. The van der Waals surface area contributed by atoms with E-state index in [-0.39, 0.29) is 23.8 Å². The number of carbonyl (C=O) groups is 2. The van der Waals surface area contributed by atoms with Crippen LogP contribution < -0.4 is 10.6 Å². The number of hydrogen-bond donors (Lipinski definition) is 2. The van der Waals surface area contributed by atoms with Crippen LogP contribution in [-0.2, 0) is 14.8 Å². The van der Waals surface area contributed by atoms with Gasteiger partial charge in [-0.05, 0) is 43.4 Å². The summed E-state index contributed by atoms with van der Waals surface area (Å²) in [4.78, 5) is 28.1. The van der Waals surface area contributed by atoms with E-state index in [0.29, 0.717) is 46.3 Å². The molecule has 3 rings (SSSR count). The second-order valence-electron chi connectivity index (χ2n) is 8.55. The summed E-state index contributed by atoms with van der Waals surface area (Å²) in [5, 5.41) is 5.90. The molecule has 1 atom stereocenters. The van der Waals surface area contributed by atoms with Crippen LogP contribution in [-0.4, -0.2) is 57.4 Å². The maximum Gasteiger partial charge on any atom is 0.262 e. The van der Waals surface area contributed by atoms with E-state index in [4.69, 9.17) is 11.6 Å². The third-order valence-electron chi connectivity index (χ3n) is 5.62. The maximum absolute atomic E-state index is 13.2. The van der Waals surface area contributed by atoms with E-state index in [2.05, 4.69) is 15.0 Å². The van der Waals surface area contributed by atoms with Crippen molar-refractivity contribution in [2.24, 2.45) is 10.3 Å². The van der Waals surface area contributed by atoms with E-state index in [1.807, 2.05) is 18.2 Å². The molecule has 2 amide bonds. The van der Waals surface area contributed by atoms with Gasteiger partial charge in [-0.3, -0.25) is 9.59 Å². The zero-order chi connectivity index (χ0) is 24.9. The minimum Gasteiger partial charge on any atom is -0.365 e. The zero-order valence-corrected chi connectivity index (χ0v) is 21.7. The molecule has 8 nitrogen and oxygen atoms in total. The van der Waals surface area contributed by atoms with E-state index in [1.165, 1.54) is 0 Å². The van der Waals surface area contributed by atoms with Gasteiger partial charge in [0.2, 0.25) is 5.91 Å². The number of rotatable bonds is 7. The van der Waals surface area contributed by atoms with Crippen LogP contribution in [0.1, 0.15) is 47.0 Å². The third-order valence-corrected chi connectivity index (χ3v) is 7.37. The lowest BCUT2D eigenvalue weighted by Crippen LogP contribution is -2.46. The van der Waals surface area contributed by atoms with Crippen LogP contribution in [0.25, 0.3) is 0 Å². The number of nitrogens with zero attached hydrogens (tertiary/aromatic N) is 2. The number of halogens is 1. The Hall–Kier alpha value is -2.43. The molecule has 2 N–H and O–H groups in total. The van der Waals surface area contributed by atoms with Crippen molar-refractivity contribution in [1.29, 1.82) is 0 Å². The molecule has 0 bridgehead atoms. The summed E-state index contributed by atoms with van der Waals surface area (Å²) in [5.41, 5.74) is 0.680. The van der Waals surface area contributed by atoms with Crippen LogP contribution in [0.5, 0.6) is 0 Å². The van der Waals surface area contributed by atoms with Crippen molar-refractivity contribution in [3.63, 3.8) is 0 Å². The monoisotopic (exact) mass is 524 g/mol. The fourth-order valence-electron chi connectivity index (χ4n) is 4.06. The van der Waals surface area contributed by atoms with Gasteiger partial charge in [-0.25, -0.2) is 8.42 Å². The summed E-state index contributed by atoms with van der Waals surface area (Å²) in [6, 6.07) is 11.4. The SMILES string of the molecule is CN(C)/C(=N\S(C)(=O)=O)C1CCC(NC(=O)C(NC(=O)c2ccc(Cl)s2)c2ccccc2)CC1. The molecule has 184 valence electrons. The van der Waals surface area contributed by atoms with Gasteiger partial charge < -0.3 is 15.5 Å². The molecule has 1 aliphatic carbocycles. The van der Waals surface area contributed by atoms with Gasteiger partial charge in [0.1, 0.15) is 11.9 Å². The first-order chi connectivity index (χ1) is 16.0. The lowest BCUT2D eigenvalue weighted by atomic mass is 9.84. The summed E-state index contributed by atoms with van der Waals surface area (Å²) < 4.78 is 27.8. The van der Waals surface area contributed by atoms with Crippen LogP contribution in [0.3, 0.4) is 0 Å². The molecule has 1 unspecified atom stereocenters. The number of benzene rings is 1. The van der Waals surface area contributed by atoms with Gasteiger partial charge in [0.25, 0.3) is 15.9 Å². The smallest absolute Gasteiger partial charge is 0.262 e. The fourth-order valence-corrected chi connectivity index (χ4v) is 5.65. The van der Waals surface area contributed by atoms with Crippen LogP contribution in [0.2, 0.25) is 4.34 Å². The third kappa shape index (κ3) is 7.28. The normalized spacial score (nSPS) is 19.8. The molecule has 0 radical (unpaired) electrons. The van der Waals surface area contributed by atoms with Crippen LogP contribution in [0.4, 0.5) is 0 Å². The molecule has 1 aliphatic rings. The van der Waals surface area contributed by atoms with Crippen molar-refractivity contribution in [2.45, 2.75) is 37.8 Å². The highest BCUT2D eigenvalue weighted by Gasteiger charge is 2.30. The highest BCUT2D eigenvalue weighted by atomic mass is 35.5. The van der Waals surface area contributed by atoms with Crippen LogP contribution in [0.15, 0.2) is 46.9 Å². The number of carbonyl (C=O) groups excluding carboxylic acids is 2. The Morgan fingerprint density at radius 1 is 1.09 bits per heavy atom. The molecule has 0 spiro atoms. The predicted molar refractivity (Wildman–Crippen MR) is 136 cm³/mol. The highest BCUT2D eigenvalue weighted by Crippen LogP contribution is 2.28. The van der Waals surface area contributed by atoms with Gasteiger partial charge >= 0.3 is 0 Å². The second kappa shape index (κ2) is 11.3. The summed E-state index contributed by atoms with van der Waals surface area (Å²) in [6.45, 7) is 0. The van der Waals surface area contributed by atoms with Gasteiger partial charge in [-0.15, -0.1) is 11.3 Å². The number of nitrogens with one attached hydrogen (secondary N) is 2. The Morgan fingerprint density at radius 2 is 1.74 bits per heavy atom.